The Morgan fingerprint density at radius 1 is 0.559 bits per heavy atom. The van der Waals surface area contributed by atoms with Crippen LogP contribution in [0.1, 0.15) is 68.9 Å². The van der Waals surface area contributed by atoms with E-state index in [0.29, 0.717) is 84.7 Å². The standard InChI is InChI=1S/C46H42Cl2N6O4S/c1-31(55)51-19-23-53(24-20-51)43(57)17-13-33-11-15-39(41(47)27-33)45(37-9-5-3-7-35(37)29-49)59-46(38-10-6-4-8-36(38)30-50)40-16-12-34(28-42(40)48)14-18-44(58)54-25-21-52(22-26-54)32(2)56/h3-18,27-28,45-46H,19-26H2,1-2H3. The van der Waals surface area contributed by atoms with Crippen molar-refractivity contribution in [3.05, 3.63) is 152 Å². The van der Waals surface area contributed by atoms with Crippen LogP contribution in [0.3, 0.4) is 0 Å². The maximum atomic E-state index is 13.0. The first-order chi connectivity index (χ1) is 28.5. The molecule has 0 aromatic heterocycles. The van der Waals surface area contributed by atoms with Gasteiger partial charge < -0.3 is 19.6 Å². The van der Waals surface area contributed by atoms with Gasteiger partial charge in [-0.2, -0.15) is 10.5 Å². The van der Waals surface area contributed by atoms with Crippen molar-refractivity contribution in [2.45, 2.75) is 24.3 Å². The first-order valence-corrected chi connectivity index (χ1v) is 20.8. The van der Waals surface area contributed by atoms with Crippen LogP contribution in [0.15, 0.2) is 97.1 Å². The van der Waals surface area contributed by atoms with Crippen LogP contribution in [0.25, 0.3) is 12.2 Å². The lowest BCUT2D eigenvalue weighted by Gasteiger charge is -2.33. The number of benzene rings is 4. The maximum absolute atomic E-state index is 13.0. The number of thioether (sulfide) groups is 1. The monoisotopic (exact) mass is 844 g/mol. The molecule has 13 heteroatoms. The first-order valence-electron chi connectivity index (χ1n) is 19.1. The molecule has 59 heavy (non-hydrogen) atoms. The lowest BCUT2D eigenvalue weighted by molar-refractivity contribution is -0.135. The Hall–Kier alpha value is -5.85. The predicted molar refractivity (Wildman–Crippen MR) is 232 cm³/mol. The number of carbonyl (C=O) groups is 4. The summed E-state index contributed by atoms with van der Waals surface area (Å²) in [5.41, 5.74) is 5.24. The second-order valence-electron chi connectivity index (χ2n) is 14.2. The van der Waals surface area contributed by atoms with Gasteiger partial charge in [-0.1, -0.05) is 83.9 Å². The fourth-order valence-corrected chi connectivity index (χ4v) is 9.57. The third-order valence-electron chi connectivity index (χ3n) is 10.5. The van der Waals surface area contributed by atoms with Gasteiger partial charge in [-0.15, -0.1) is 11.8 Å². The second kappa shape index (κ2) is 19.7. The Kier molecular flexibility index (Phi) is 14.3. The molecule has 2 unspecified atom stereocenters. The smallest absolute Gasteiger partial charge is 0.246 e. The van der Waals surface area contributed by atoms with E-state index in [1.165, 1.54) is 37.8 Å². The van der Waals surface area contributed by atoms with E-state index in [4.69, 9.17) is 23.2 Å². The fraction of sp³-hybridized carbons (Fsp3) is 0.261. The summed E-state index contributed by atoms with van der Waals surface area (Å²) in [6.07, 6.45) is 6.44. The molecular weight excluding hydrogens is 804 g/mol. The average Bonchev–Trinajstić information content (AvgIpc) is 3.25. The Morgan fingerprint density at radius 2 is 0.915 bits per heavy atom. The topological polar surface area (TPSA) is 129 Å². The van der Waals surface area contributed by atoms with Crippen molar-refractivity contribution in [1.29, 1.82) is 10.5 Å². The van der Waals surface area contributed by atoms with Crippen LogP contribution in [-0.2, 0) is 19.2 Å². The van der Waals surface area contributed by atoms with Crippen LogP contribution in [-0.4, -0.2) is 95.6 Å². The number of hydrogen-bond donors (Lipinski definition) is 0. The summed E-state index contributed by atoms with van der Waals surface area (Å²) in [6, 6.07) is 30.4. The fourth-order valence-electron chi connectivity index (χ4n) is 7.17. The molecule has 2 aliphatic heterocycles. The molecule has 4 amide bonds. The minimum Gasteiger partial charge on any atom is -0.339 e. The van der Waals surface area contributed by atoms with E-state index in [2.05, 4.69) is 12.1 Å². The summed E-state index contributed by atoms with van der Waals surface area (Å²) in [6.45, 7) is 6.87. The van der Waals surface area contributed by atoms with Gasteiger partial charge in [-0.25, -0.2) is 0 Å². The van der Waals surface area contributed by atoms with Crippen LogP contribution in [0, 0.1) is 22.7 Å². The highest BCUT2D eigenvalue weighted by Gasteiger charge is 2.30. The SMILES string of the molecule is CC(=O)N1CCN(C(=O)C=Cc2ccc(C(SC(c3ccc(C=CC(=O)N4CCN(C(C)=O)CC4)cc3Cl)c3ccccc3C#N)c3ccccc3C#N)c(Cl)c2)CC1. The van der Waals surface area contributed by atoms with E-state index < -0.39 is 10.5 Å². The normalized spacial score (nSPS) is 15.5. The van der Waals surface area contributed by atoms with Gasteiger partial charge in [0, 0.05) is 88.4 Å². The molecule has 2 atom stereocenters. The highest BCUT2D eigenvalue weighted by molar-refractivity contribution is 8.00. The number of hydrogen-bond acceptors (Lipinski definition) is 7. The summed E-state index contributed by atoms with van der Waals surface area (Å²) in [5, 5.41) is 20.3. The van der Waals surface area contributed by atoms with Gasteiger partial charge in [0.2, 0.25) is 23.6 Å². The third kappa shape index (κ3) is 10.4. The zero-order valence-electron chi connectivity index (χ0n) is 32.7. The molecule has 2 aliphatic rings. The lowest BCUT2D eigenvalue weighted by atomic mass is 9.98. The largest absolute Gasteiger partial charge is 0.339 e. The zero-order chi connectivity index (χ0) is 42.1. The van der Waals surface area contributed by atoms with E-state index in [9.17, 15) is 29.7 Å². The average molecular weight is 846 g/mol. The van der Waals surface area contributed by atoms with Crippen LogP contribution < -0.4 is 0 Å². The van der Waals surface area contributed by atoms with Gasteiger partial charge in [0.15, 0.2) is 0 Å². The van der Waals surface area contributed by atoms with Gasteiger partial charge in [0.05, 0.1) is 33.8 Å². The molecule has 0 bridgehead atoms. The number of piperazine rings is 2. The summed E-state index contributed by atoms with van der Waals surface area (Å²) >= 11 is 15.7. The molecule has 2 saturated heterocycles. The molecule has 2 heterocycles. The summed E-state index contributed by atoms with van der Waals surface area (Å²) < 4.78 is 0. The van der Waals surface area contributed by atoms with Crippen molar-refractivity contribution >= 4 is 70.7 Å². The van der Waals surface area contributed by atoms with E-state index in [-0.39, 0.29) is 23.6 Å². The van der Waals surface area contributed by atoms with Crippen LogP contribution in [0.5, 0.6) is 0 Å². The zero-order valence-corrected chi connectivity index (χ0v) is 35.0. The van der Waals surface area contributed by atoms with E-state index >= 15 is 0 Å². The molecule has 0 spiro atoms. The van der Waals surface area contributed by atoms with Crippen LogP contribution >= 0.6 is 35.0 Å². The molecule has 2 fully saturated rings. The van der Waals surface area contributed by atoms with Gasteiger partial charge in [-0.05, 0) is 69.8 Å². The minimum absolute atomic E-state index is 0.00531. The van der Waals surface area contributed by atoms with Gasteiger partial charge in [0.25, 0.3) is 0 Å². The number of halogens is 2. The Bertz CT molecular complexity index is 2220. The summed E-state index contributed by atoms with van der Waals surface area (Å²) in [7, 11) is 0. The van der Waals surface area contributed by atoms with Crippen molar-refractivity contribution in [3.63, 3.8) is 0 Å². The summed E-state index contributed by atoms with van der Waals surface area (Å²) in [4.78, 5) is 56.4. The third-order valence-corrected chi connectivity index (χ3v) is 12.7. The van der Waals surface area contributed by atoms with Gasteiger partial charge >= 0.3 is 0 Å². The Balaban J connectivity index is 1.31. The molecule has 0 saturated carbocycles. The molecule has 4 aromatic carbocycles. The molecule has 0 N–H and O–H groups in total. The van der Waals surface area contributed by atoms with E-state index in [1.54, 1.807) is 68.1 Å². The quantitative estimate of drug-likeness (QED) is 0.149. The van der Waals surface area contributed by atoms with Crippen LogP contribution in [0.2, 0.25) is 10.0 Å². The number of rotatable bonds is 10. The highest BCUT2D eigenvalue weighted by Crippen LogP contribution is 2.51. The van der Waals surface area contributed by atoms with Gasteiger partial charge in [0.1, 0.15) is 0 Å². The van der Waals surface area contributed by atoms with Crippen molar-refractivity contribution in [1.82, 2.24) is 19.6 Å². The summed E-state index contributed by atoms with van der Waals surface area (Å²) in [5.74, 6) is -0.320. The minimum atomic E-state index is -0.510. The maximum Gasteiger partial charge on any atom is 0.246 e. The van der Waals surface area contributed by atoms with Gasteiger partial charge in [-0.3, -0.25) is 19.2 Å². The number of nitriles is 2. The van der Waals surface area contributed by atoms with Crippen molar-refractivity contribution in [3.8, 4) is 12.1 Å². The Labute approximate surface area is 358 Å². The molecular formula is C46H42Cl2N6O4S. The van der Waals surface area contributed by atoms with Crippen molar-refractivity contribution in [2.75, 3.05) is 52.4 Å². The second-order valence-corrected chi connectivity index (χ2v) is 16.2. The van der Waals surface area contributed by atoms with Crippen LogP contribution in [0.4, 0.5) is 0 Å². The van der Waals surface area contributed by atoms with Crippen molar-refractivity contribution < 1.29 is 19.2 Å². The highest BCUT2D eigenvalue weighted by atomic mass is 35.5. The molecule has 4 aromatic rings. The number of carbonyl (C=O) groups excluding carboxylic acids is 4. The molecule has 10 nitrogen and oxygen atoms in total. The Morgan fingerprint density at radius 3 is 1.25 bits per heavy atom. The predicted octanol–water partition coefficient (Wildman–Crippen LogP) is 7.76. The molecule has 300 valence electrons. The molecule has 0 radical (unpaired) electrons. The van der Waals surface area contributed by atoms with Crippen molar-refractivity contribution in [2.24, 2.45) is 0 Å². The van der Waals surface area contributed by atoms with E-state index in [1.807, 2.05) is 48.5 Å². The number of nitrogens with zero attached hydrogens (tertiary/aromatic N) is 6. The number of amides is 4. The molecule has 6 rings (SSSR count). The first kappa shape index (κ1) is 42.7. The van der Waals surface area contributed by atoms with E-state index in [0.717, 1.165) is 22.3 Å². The lowest BCUT2D eigenvalue weighted by Crippen LogP contribution is -2.49. The molecule has 0 aliphatic carbocycles.